The lowest BCUT2D eigenvalue weighted by atomic mass is 10.2. The Bertz CT molecular complexity index is 697. The number of aliphatic hydroxyl groups is 1. The average molecular weight is 330 g/mol. The van der Waals surface area contributed by atoms with Gasteiger partial charge in [0.2, 0.25) is 17.4 Å². The summed E-state index contributed by atoms with van der Waals surface area (Å²) in [6, 6.07) is 4.91. The van der Waals surface area contributed by atoms with Gasteiger partial charge in [0.15, 0.2) is 0 Å². The van der Waals surface area contributed by atoms with E-state index in [4.69, 9.17) is 9.84 Å². The van der Waals surface area contributed by atoms with Gasteiger partial charge in [0.1, 0.15) is 5.75 Å². The van der Waals surface area contributed by atoms with E-state index in [1.54, 1.807) is 0 Å². The Hall–Kier alpha value is -2.68. The topological polar surface area (TPSA) is 71.5 Å². The molecule has 5 nitrogen and oxygen atoms in total. The van der Waals surface area contributed by atoms with Crippen LogP contribution in [0.15, 0.2) is 24.3 Å². The maximum Gasteiger partial charge on any atom is 0.255 e. The van der Waals surface area contributed by atoms with Gasteiger partial charge in [-0.2, -0.15) is 22.5 Å². The SMILES string of the molecule is O=C(NCCO)c1ccc(Oc2c(F)c(F)nc(F)c2F)cc1. The molecule has 0 saturated carbocycles. The highest BCUT2D eigenvalue weighted by atomic mass is 19.2. The predicted molar refractivity (Wildman–Crippen MR) is 70.0 cm³/mol. The highest BCUT2D eigenvalue weighted by molar-refractivity contribution is 5.94. The van der Waals surface area contributed by atoms with Gasteiger partial charge in [-0.05, 0) is 24.3 Å². The van der Waals surface area contributed by atoms with Crippen LogP contribution in [0.25, 0.3) is 0 Å². The zero-order valence-electron chi connectivity index (χ0n) is 11.4. The average Bonchev–Trinajstić information content (AvgIpc) is 2.55. The molecule has 2 rings (SSSR count). The molecule has 0 bridgehead atoms. The number of halogens is 4. The lowest BCUT2D eigenvalue weighted by Crippen LogP contribution is -2.26. The third-order valence-electron chi connectivity index (χ3n) is 2.69. The zero-order valence-corrected chi connectivity index (χ0v) is 11.4. The molecule has 2 N–H and O–H groups in total. The highest BCUT2D eigenvalue weighted by Gasteiger charge is 2.22. The second kappa shape index (κ2) is 7.05. The van der Waals surface area contributed by atoms with Crippen molar-refractivity contribution in [2.45, 2.75) is 0 Å². The number of pyridine rings is 1. The Morgan fingerprint density at radius 3 is 2.17 bits per heavy atom. The molecular weight excluding hydrogens is 320 g/mol. The standard InChI is InChI=1S/C14H10F4N2O3/c15-9-11(10(16)13(18)20-12(9)17)23-8-3-1-7(2-4-8)14(22)19-5-6-21/h1-4,21H,5-6H2,(H,19,22). The number of aromatic nitrogens is 1. The smallest absolute Gasteiger partial charge is 0.255 e. The molecule has 0 fully saturated rings. The molecule has 1 heterocycles. The first-order valence-electron chi connectivity index (χ1n) is 6.31. The normalized spacial score (nSPS) is 10.5. The van der Waals surface area contributed by atoms with Gasteiger partial charge < -0.3 is 15.2 Å². The summed E-state index contributed by atoms with van der Waals surface area (Å²) in [6.45, 7) is -0.173. The van der Waals surface area contributed by atoms with Gasteiger partial charge in [-0.1, -0.05) is 0 Å². The number of carbonyl (C=O) groups excluding carboxylic acids is 1. The van der Waals surface area contributed by atoms with Gasteiger partial charge in [0.25, 0.3) is 17.8 Å². The number of nitrogens with zero attached hydrogens (tertiary/aromatic N) is 1. The van der Waals surface area contributed by atoms with Crippen molar-refractivity contribution in [2.24, 2.45) is 0 Å². The van der Waals surface area contributed by atoms with Gasteiger partial charge in [-0.15, -0.1) is 0 Å². The van der Waals surface area contributed by atoms with Crippen LogP contribution in [0.1, 0.15) is 10.4 Å². The van der Waals surface area contributed by atoms with E-state index in [9.17, 15) is 22.4 Å². The maximum atomic E-state index is 13.4. The Morgan fingerprint density at radius 2 is 1.65 bits per heavy atom. The molecule has 0 aliphatic heterocycles. The van der Waals surface area contributed by atoms with Crippen molar-refractivity contribution in [3.05, 3.63) is 53.4 Å². The van der Waals surface area contributed by atoms with Crippen LogP contribution in [0, 0.1) is 23.5 Å². The number of rotatable bonds is 5. The van der Waals surface area contributed by atoms with Crippen LogP contribution in [0.4, 0.5) is 17.6 Å². The third kappa shape index (κ3) is 3.75. The van der Waals surface area contributed by atoms with Crippen LogP contribution >= 0.6 is 0 Å². The number of aliphatic hydroxyl groups excluding tert-OH is 1. The van der Waals surface area contributed by atoms with E-state index in [0.29, 0.717) is 0 Å². The minimum atomic E-state index is -1.83. The van der Waals surface area contributed by atoms with Gasteiger partial charge in [0, 0.05) is 12.1 Å². The van der Waals surface area contributed by atoms with Crippen LogP contribution in [-0.4, -0.2) is 29.1 Å². The van der Waals surface area contributed by atoms with E-state index in [1.165, 1.54) is 24.3 Å². The number of ether oxygens (including phenoxy) is 1. The molecule has 0 radical (unpaired) electrons. The van der Waals surface area contributed by atoms with Gasteiger partial charge in [0.05, 0.1) is 6.61 Å². The first kappa shape index (κ1) is 16.7. The van der Waals surface area contributed by atoms with Crippen LogP contribution < -0.4 is 10.1 Å². The summed E-state index contributed by atoms with van der Waals surface area (Å²) >= 11 is 0. The van der Waals surface area contributed by atoms with Gasteiger partial charge in [-0.25, -0.2) is 0 Å². The molecule has 0 aliphatic rings. The quantitative estimate of drug-likeness (QED) is 0.651. The molecule has 23 heavy (non-hydrogen) atoms. The Balaban J connectivity index is 2.21. The van der Waals surface area contributed by atoms with Crippen molar-refractivity contribution in [3.8, 4) is 11.5 Å². The summed E-state index contributed by atoms with van der Waals surface area (Å²) < 4.78 is 57.5. The van der Waals surface area contributed by atoms with Crippen LogP contribution in [0.5, 0.6) is 11.5 Å². The summed E-state index contributed by atoms with van der Waals surface area (Å²) in [5.74, 6) is -9.11. The Kier molecular flexibility index (Phi) is 5.12. The van der Waals surface area contributed by atoms with Crippen molar-refractivity contribution in [1.29, 1.82) is 0 Å². The molecule has 1 aromatic heterocycles. The molecule has 0 saturated heterocycles. The number of nitrogens with one attached hydrogen (secondary N) is 1. The lowest BCUT2D eigenvalue weighted by Gasteiger charge is -2.09. The molecule has 122 valence electrons. The largest absolute Gasteiger partial charge is 0.451 e. The fourth-order valence-corrected chi connectivity index (χ4v) is 1.62. The first-order valence-corrected chi connectivity index (χ1v) is 6.31. The van der Waals surface area contributed by atoms with Crippen molar-refractivity contribution in [3.63, 3.8) is 0 Å². The minimum Gasteiger partial charge on any atom is -0.451 e. The maximum absolute atomic E-state index is 13.4. The number of benzene rings is 1. The number of hydrogen-bond donors (Lipinski definition) is 2. The molecule has 1 amide bonds. The first-order chi connectivity index (χ1) is 10.9. The third-order valence-corrected chi connectivity index (χ3v) is 2.69. The molecule has 0 aliphatic carbocycles. The Labute approximate surface area is 127 Å². The van der Waals surface area contributed by atoms with Crippen molar-refractivity contribution >= 4 is 5.91 Å². The minimum absolute atomic E-state index is 0.0586. The van der Waals surface area contributed by atoms with E-state index in [0.717, 1.165) is 0 Å². The second-order valence-electron chi connectivity index (χ2n) is 4.26. The summed E-state index contributed by atoms with van der Waals surface area (Å²) in [5, 5.41) is 11.0. The van der Waals surface area contributed by atoms with Crippen LogP contribution in [0.2, 0.25) is 0 Å². The van der Waals surface area contributed by atoms with E-state index < -0.39 is 35.2 Å². The Morgan fingerprint density at radius 1 is 1.09 bits per heavy atom. The molecule has 0 spiro atoms. The molecule has 0 atom stereocenters. The summed E-state index contributed by atoms with van der Waals surface area (Å²) in [5.41, 5.74) is 0.193. The second-order valence-corrected chi connectivity index (χ2v) is 4.26. The van der Waals surface area contributed by atoms with Gasteiger partial charge in [-0.3, -0.25) is 4.79 Å². The zero-order chi connectivity index (χ0) is 17.0. The highest BCUT2D eigenvalue weighted by Crippen LogP contribution is 2.29. The molecular formula is C14H10F4N2O3. The van der Waals surface area contributed by atoms with Gasteiger partial charge >= 0.3 is 0 Å². The summed E-state index contributed by atoms with van der Waals surface area (Å²) in [4.78, 5) is 14.0. The predicted octanol–water partition coefficient (Wildman–Crippen LogP) is 2.15. The van der Waals surface area contributed by atoms with E-state index in [1.807, 2.05) is 0 Å². The lowest BCUT2D eigenvalue weighted by molar-refractivity contribution is 0.0944. The van der Waals surface area contributed by atoms with E-state index in [-0.39, 0.29) is 24.5 Å². The van der Waals surface area contributed by atoms with Crippen LogP contribution in [0.3, 0.4) is 0 Å². The number of carbonyl (C=O) groups is 1. The molecule has 2 aromatic rings. The molecule has 9 heteroatoms. The van der Waals surface area contributed by atoms with E-state index >= 15 is 0 Å². The number of hydrogen-bond acceptors (Lipinski definition) is 4. The van der Waals surface area contributed by atoms with Crippen LogP contribution in [-0.2, 0) is 0 Å². The van der Waals surface area contributed by atoms with Crippen molar-refractivity contribution in [2.75, 3.05) is 13.2 Å². The molecule has 1 aromatic carbocycles. The summed E-state index contributed by atoms with van der Waals surface area (Å²) in [7, 11) is 0. The van der Waals surface area contributed by atoms with E-state index in [2.05, 4.69) is 10.3 Å². The fourth-order valence-electron chi connectivity index (χ4n) is 1.62. The fraction of sp³-hybridized carbons (Fsp3) is 0.143. The van der Waals surface area contributed by atoms with Crippen molar-refractivity contribution in [1.82, 2.24) is 10.3 Å². The number of amides is 1. The summed E-state index contributed by atoms with van der Waals surface area (Å²) in [6.07, 6.45) is 0. The van der Waals surface area contributed by atoms with Crippen molar-refractivity contribution < 1.29 is 32.2 Å². The monoisotopic (exact) mass is 330 g/mol. The molecule has 0 unspecified atom stereocenters.